The number of nitrogens with one attached hydrogen (secondary N) is 1. The molecule has 0 saturated heterocycles. The van der Waals surface area contributed by atoms with Gasteiger partial charge in [-0.3, -0.25) is 0 Å². The van der Waals surface area contributed by atoms with Gasteiger partial charge in [0.25, 0.3) is 0 Å². The molecule has 1 aromatic carbocycles. The molecule has 2 heterocycles. The predicted molar refractivity (Wildman–Crippen MR) is 84.5 cm³/mol. The van der Waals surface area contributed by atoms with E-state index in [1.54, 1.807) is 29.7 Å². The molecule has 21 heavy (non-hydrogen) atoms. The van der Waals surface area contributed by atoms with Crippen molar-refractivity contribution in [2.75, 3.05) is 6.54 Å². The number of aliphatic hydroxyl groups excluding tert-OH is 1. The second-order valence-corrected chi connectivity index (χ2v) is 6.24. The van der Waals surface area contributed by atoms with Crippen LogP contribution in [0.2, 0.25) is 0 Å². The lowest BCUT2D eigenvalue weighted by Gasteiger charge is -2.14. The summed E-state index contributed by atoms with van der Waals surface area (Å²) in [6.07, 6.45) is 1.81. The van der Waals surface area contributed by atoms with E-state index in [4.69, 9.17) is 4.42 Å². The van der Waals surface area contributed by atoms with Crippen molar-refractivity contribution in [3.8, 4) is 0 Å². The Morgan fingerprint density at radius 2 is 2.14 bits per heavy atom. The van der Waals surface area contributed by atoms with Gasteiger partial charge in [-0.25, -0.2) is 4.98 Å². The lowest BCUT2D eigenvalue weighted by Crippen LogP contribution is -2.31. The van der Waals surface area contributed by atoms with Gasteiger partial charge in [-0.2, -0.15) is 0 Å². The molecule has 2 atom stereocenters. The Labute approximate surface area is 127 Å². The topological polar surface area (TPSA) is 58.3 Å². The number of hydrogen-bond acceptors (Lipinski definition) is 5. The molecule has 3 rings (SSSR count). The van der Waals surface area contributed by atoms with Crippen LogP contribution in [-0.4, -0.2) is 22.7 Å². The molecule has 3 aromatic rings. The highest BCUT2D eigenvalue weighted by Gasteiger charge is 2.13. The molecule has 0 radical (unpaired) electrons. The van der Waals surface area contributed by atoms with Crippen LogP contribution in [0.15, 0.2) is 47.1 Å². The number of furan rings is 1. The van der Waals surface area contributed by atoms with Crippen LogP contribution in [0.1, 0.15) is 23.8 Å². The number of para-hydroxylation sites is 1. The van der Waals surface area contributed by atoms with Gasteiger partial charge in [-0.15, -0.1) is 11.3 Å². The zero-order valence-corrected chi connectivity index (χ0v) is 12.6. The maximum atomic E-state index is 9.97. The number of aliphatic hydroxyl groups is 1. The van der Waals surface area contributed by atoms with Crippen molar-refractivity contribution in [1.82, 2.24) is 10.3 Å². The van der Waals surface area contributed by atoms with Crippen LogP contribution < -0.4 is 5.32 Å². The van der Waals surface area contributed by atoms with Crippen LogP contribution >= 0.6 is 11.3 Å². The molecule has 0 unspecified atom stereocenters. The van der Waals surface area contributed by atoms with E-state index in [-0.39, 0.29) is 6.04 Å². The average Bonchev–Trinajstić information content (AvgIpc) is 3.13. The first-order valence-corrected chi connectivity index (χ1v) is 7.83. The number of benzene rings is 1. The molecule has 0 amide bonds. The summed E-state index contributed by atoms with van der Waals surface area (Å²) in [5, 5.41) is 14.4. The number of nitrogens with zero attached hydrogens (tertiary/aromatic N) is 1. The molecule has 0 bridgehead atoms. The maximum Gasteiger partial charge on any atom is 0.133 e. The van der Waals surface area contributed by atoms with Crippen LogP contribution in [-0.2, 0) is 6.42 Å². The molecular weight excluding hydrogens is 284 g/mol. The predicted octanol–water partition coefficient (Wildman–Crippen LogP) is 3.14. The van der Waals surface area contributed by atoms with E-state index in [1.807, 2.05) is 18.2 Å². The standard InChI is InChI=1S/C16H18N2O2S/c1-11(17-10-13(19)14-6-4-8-20-14)9-16-18-12-5-2-3-7-15(12)21-16/h2-8,11,13,17,19H,9-10H2,1H3/t11-,13-/m1/s1. The number of fused-ring (bicyclic) bond motifs is 1. The van der Waals surface area contributed by atoms with Crippen molar-refractivity contribution in [2.24, 2.45) is 0 Å². The van der Waals surface area contributed by atoms with E-state index in [1.165, 1.54) is 4.70 Å². The van der Waals surface area contributed by atoms with Gasteiger partial charge in [0.15, 0.2) is 0 Å². The Kier molecular flexibility index (Phi) is 4.34. The van der Waals surface area contributed by atoms with Crippen molar-refractivity contribution in [3.63, 3.8) is 0 Å². The van der Waals surface area contributed by atoms with Gasteiger partial charge in [-0.1, -0.05) is 12.1 Å². The first kappa shape index (κ1) is 14.3. The second kappa shape index (κ2) is 6.39. The summed E-state index contributed by atoms with van der Waals surface area (Å²) < 4.78 is 6.40. The maximum absolute atomic E-state index is 9.97. The highest BCUT2D eigenvalue weighted by Crippen LogP contribution is 2.22. The van der Waals surface area contributed by atoms with Crippen molar-refractivity contribution < 1.29 is 9.52 Å². The molecule has 2 aromatic heterocycles. The van der Waals surface area contributed by atoms with Crippen LogP contribution in [0.4, 0.5) is 0 Å². The quantitative estimate of drug-likeness (QED) is 0.734. The molecule has 0 aliphatic carbocycles. The van der Waals surface area contributed by atoms with Crippen molar-refractivity contribution in [3.05, 3.63) is 53.4 Å². The molecule has 0 aliphatic heterocycles. The summed E-state index contributed by atoms with van der Waals surface area (Å²) in [6.45, 7) is 2.57. The van der Waals surface area contributed by atoms with Gasteiger partial charge >= 0.3 is 0 Å². The molecular formula is C16H18N2O2S. The molecule has 5 heteroatoms. The number of thiazole rings is 1. The van der Waals surface area contributed by atoms with E-state index in [0.29, 0.717) is 12.3 Å². The van der Waals surface area contributed by atoms with Gasteiger partial charge in [0.05, 0.1) is 21.5 Å². The summed E-state index contributed by atoms with van der Waals surface area (Å²) in [5.41, 5.74) is 1.06. The Balaban J connectivity index is 1.55. The lowest BCUT2D eigenvalue weighted by molar-refractivity contribution is 0.144. The van der Waals surface area contributed by atoms with Crippen LogP contribution in [0.25, 0.3) is 10.2 Å². The van der Waals surface area contributed by atoms with E-state index in [9.17, 15) is 5.11 Å². The first-order valence-electron chi connectivity index (χ1n) is 7.01. The number of aromatic nitrogens is 1. The summed E-state index contributed by atoms with van der Waals surface area (Å²) in [5.74, 6) is 0.592. The number of rotatable bonds is 6. The molecule has 2 N–H and O–H groups in total. The SMILES string of the molecule is C[C@H](Cc1nc2ccccc2s1)NC[C@@H](O)c1ccco1. The molecule has 0 saturated carbocycles. The normalized spacial score (nSPS) is 14.4. The highest BCUT2D eigenvalue weighted by molar-refractivity contribution is 7.18. The minimum Gasteiger partial charge on any atom is -0.467 e. The summed E-state index contributed by atoms with van der Waals surface area (Å²) in [6, 6.07) is 12.0. The van der Waals surface area contributed by atoms with Crippen molar-refractivity contribution >= 4 is 21.6 Å². The lowest BCUT2D eigenvalue weighted by atomic mass is 10.2. The highest BCUT2D eigenvalue weighted by atomic mass is 32.1. The van der Waals surface area contributed by atoms with Gasteiger partial charge in [0.2, 0.25) is 0 Å². The van der Waals surface area contributed by atoms with Gasteiger partial charge in [-0.05, 0) is 31.2 Å². The average molecular weight is 302 g/mol. The van der Waals surface area contributed by atoms with Gasteiger partial charge in [0.1, 0.15) is 11.9 Å². The largest absolute Gasteiger partial charge is 0.467 e. The molecule has 4 nitrogen and oxygen atoms in total. The summed E-state index contributed by atoms with van der Waals surface area (Å²) >= 11 is 1.73. The summed E-state index contributed by atoms with van der Waals surface area (Å²) in [7, 11) is 0. The smallest absolute Gasteiger partial charge is 0.133 e. The molecule has 0 aliphatic rings. The van der Waals surface area contributed by atoms with Crippen molar-refractivity contribution in [2.45, 2.75) is 25.5 Å². The third-order valence-electron chi connectivity index (χ3n) is 3.35. The third-order valence-corrected chi connectivity index (χ3v) is 4.41. The zero-order chi connectivity index (χ0) is 14.7. The molecule has 110 valence electrons. The Bertz CT molecular complexity index is 660. The van der Waals surface area contributed by atoms with Gasteiger partial charge < -0.3 is 14.8 Å². The summed E-state index contributed by atoms with van der Waals surface area (Å²) in [4.78, 5) is 4.63. The van der Waals surface area contributed by atoms with Crippen LogP contribution in [0.3, 0.4) is 0 Å². The number of hydrogen-bond donors (Lipinski definition) is 2. The Hall–Kier alpha value is -1.69. The monoisotopic (exact) mass is 302 g/mol. The van der Waals surface area contributed by atoms with E-state index >= 15 is 0 Å². The van der Waals surface area contributed by atoms with Gasteiger partial charge in [0, 0.05) is 19.0 Å². The van der Waals surface area contributed by atoms with Crippen LogP contribution in [0, 0.1) is 0 Å². The Morgan fingerprint density at radius 1 is 1.29 bits per heavy atom. The Morgan fingerprint density at radius 3 is 2.90 bits per heavy atom. The fourth-order valence-corrected chi connectivity index (χ4v) is 3.33. The fourth-order valence-electron chi connectivity index (χ4n) is 2.24. The third kappa shape index (κ3) is 3.50. The molecule has 0 spiro atoms. The fraction of sp³-hybridized carbons (Fsp3) is 0.312. The zero-order valence-electron chi connectivity index (χ0n) is 11.8. The first-order chi connectivity index (χ1) is 10.2. The van der Waals surface area contributed by atoms with E-state index in [2.05, 4.69) is 23.3 Å². The van der Waals surface area contributed by atoms with Crippen LogP contribution in [0.5, 0.6) is 0 Å². The van der Waals surface area contributed by atoms with E-state index < -0.39 is 6.10 Å². The van der Waals surface area contributed by atoms with E-state index in [0.717, 1.165) is 16.9 Å². The molecule has 0 fully saturated rings. The minimum atomic E-state index is -0.613. The van der Waals surface area contributed by atoms with Crippen molar-refractivity contribution in [1.29, 1.82) is 0 Å². The second-order valence-electron chi connectivity index (χ2n) is 5.12. The minimum absolute atomic E-state index is 0.246.